The quantitative estimate of drug-likeness (QED) is 0.216. The van der Waals surface area contributed by atoms with Crippen LogP contribution in [0, 0.1) is 18.2 Å². The fourth-order valence-electron chi connectivity index (χ4n) is 8.57. The van der Waals surface area contributed by atoms with E-state index in [2.05, 4.69) is 21.0 Å². The number of hydrogen-bond donors (Lipinski definition) is 2. The van der Waals surface area contributed by atoms with Crippen molar-refractivity contribution in [1.82, 2.24) is 29.6 Å². The summed E-state index contributed by atoms with van der Waals surface area (Å²) in [7, 11) is 0. The fraction of sp³-hybridized carbons (Fsp3) is 0.400. The Balaban J connectivity index is 1.25. The van der Waals surface area contributed by atoms with E-state index in [1.54, 1.807) is 18.3 Å². The fourth-order valence-corrected chi connectivity index (χ4v) is 8.57. The maximum Gasteiger partial charge on any atom is 0.319 e. The third-order valence-corrected chi connectivity index (χ3v) is 10.5. The first kappa shape index (κ1) is 27.8. The molecule has 4 aliphatic heterocycles. The monoisotopic (exact) mass is 620 g/mol. The van der Waals surface area contributed by atoms with Gasteiger partial charge in [-0.1, -0.05) is 12.0 Å². The van der Waals surface area contributed by atoms with E-state index in [0.717, 1.165) is 62.0 Å². The predicted molar refractivity (Wildman–Crippen MR) is 174 cm³/mol. The summed E-state index contributed by atoms with van der Waals surface area (Å²) < 4.78 is 38.1. The molecule has 0 radical (unpaired) electrons. The third-order valence-electron chi connectivity index (χ3n) is 10.5. The number of fused-ring (bicyclic) bond motifs is 7. The molecular formula is C35H34F2N8O. The summed E-state index contributed by atoms with van der Waals surface area (Å²) in [5, 5.41) is 5.04. The third kappa shape index (κ3) is 4.23. The number of pyridine rings is 1. The minimum Gasteiger partial charge on any atom is -0.461 e. The number of nitrogens with zero attached hydrogens (tertiary/aromatic N) is 6. The Kier molecular flexibility index (Phi) is 6.18. The first-order chi connectivity index (χ1) is 22.4. The standard InChI is InChI=1S/C35H34F2N8O/c1-2-25-28(37)7-4-20-12-22(38)13-26(30(20)25)27-14-29-31(45-11-9-39-32(27)45)33(43-17-23-5-6-24(18-43)40-23)42-34(41-29)46-19-35-8-3-10-44(35)16-21(36)15-35/h1,4,7,9,11-14,21,23-24,40H,3,5-6,8,10,15-19,38H2/t21-,23-,24+,35+/m1/s1. The molecule has 234 valence electrons. The van der Waals surface area contributed by atoms with Crippen LogP contribution in [0.15, 0.2) is 42.7 Å². The molecule has 11 heteroatoms. The van der Waals surface area contributed by atoms with Crippen molar-refractivity contribution < 1.29 is 13.5 Å². The molecule has 3 N–H and O–H groups in total. The number of piperazine rings is 1. The van der Waals surface area contributed by atoms with Crippen molar-refractivity contribution in [3.8, 4) is 29.5 Å². The van der Waals surface area contributed by atoms with Crippen LogP contribution in [-0.4, -0.2) is 80.8 Å². The molecule has 46 heavy (non-hydrogen) atoms. The SMILES string of the molecule is C#Cc1c(F)ccc2cc(N)cc(-c3cc4nc(OC[C@@]56CCCN5C[C@H](F)C6)nc(N5C[C@H]6CC[C@@H](C5)N6)c4n4ccnc34)c12. The number of halogens is 2. The predicted octanol–water partition coefficient (Wildman–Crippen LogP) is 4.70. The first-order valence-corrected chi connectivity index (χ1v) is 16.1. The van der Waals surface area contributed by atoms with Crippen molar-refractivity contribution in [2.24, 2.45) is 0 Å². The molecule has 9 rings (SSSR count). The molecule has 4 aliphatic rings. The van der Waals surface area contributed by atoms with Crippen LogP contribution in [0.5, 0.6) is 6.01 Å². The van der Waals surface area contributed by atoms with Crippen molar-refractivity contribution >= 4 is 39.0 Å². The van der Waals surface area contributed by atoms with E-state index >= 15 is 4.39 Å². The largest absolute Gasteiger partial charge is 0.461 e. The molecular weight excluding hydrogens is 586 g/mol. The molecule has 2 aromatic carbocycles. The van der Waals surface area contributed by atoms with Gasteiger partial charge in [-0.3, -0.25) is 9.30 Å². The van der Waals surface area contributed by atoms with Gasteiger partial charge in [0.15, 0.2) is 5.82 Å². The Morgan fingerprint density at radius 3 is 2.78 bits per heavy atom. The number of anilines is 2. The molecule has 4 fully saturated rings. The van der Waals surface area contributed by atoms with Gasteiger partial charge in [0.1, 0.15) is 29.8 Å². The second-order valence-corrected chi connectivity index (χ2v) is 13.4. The van der Waals surface area contributed by atoms with E-state index in [9.17, 15) is 4.39 Å². The van der Waals surface area contributed by atoms with E-state index in [4.69, 9.17) is 31.8 Å². The lowest BCUT2D eigenvalue weighted by atomic mass is 9.94. The Hall–Kier alpha value is -4.53. The summed E-state index contributed by atoms with van der Waals surface area (Å²) in [6.07, 6.45) is 13.3. The number of ether oxygens (including phenoxy) is 1. The summed E-state index contributed by atoms with van der Waals surface area (Å²) >= 11 is 0. The molecule has 5 aromatic rings. The summed E-state index contributed by atoms with van der Waals surface area (Å²) in [5.41, 5.74) is 10.3. The highest BCUT2D eigenvalue weighted by Gasteiger charge is 2.49. The minimum atomic E-state index is -0.851. The highest BCUT2D eigenvalue weighted by atomic mass is 19.1. The number of hydrogen-bond acceptors (Lipinski definition) is 8. The van der Waals surface area contributed by atoms with Crippen molar-refractivity contribution in [3.63, 3.8) is 0 Å². The van der Waals surface area contributed by atoms with E-state index in [1.165, 1.54) is 6.07 Å². The van der Waals surface area contributed by atoms with E-state index < -0.39 is 12.0 Å². The normalized spacial score (nSPS) is 25.9. The Bertz CT molecular complexity index is 2080. The molecule has 0 unspecified atom stereocenters. The van der Waals surface area contributed by atoms with Crippen LogP contribution in [-0.2, 0) is 0 Å². The average Bonchev–Trinajstić information content (AvgIpc) is 3.82. The molecule has 9 nitrogen and oxygen atoms in total. The van der Waals surface area contributed by atoms with Gasteiger partial charge in [-0.15, -0.1) is 6.42 Å². The van der Waals surface area contributed by atoms with Gasteiger partial charge in [0.25, 0.3) is 0 Å². The highest BCUT2D eigenvalue weighted by Crippen LogP contribution is 2.42. The topological polar surface area (TPSA) is 96.8 Å². The van der Waals surface area contributed by atoms with Crippen LogP contribution in [0.25, 0.3) is 38.6 Å². The number of aromatic nitrogens is 4. The van der Waals surface area contributed by atoms with E-state index in [0.29, 0.717) is 65.0 Å². The summed E-state index contributed by atoms with van der Waals surface area (Å²) in [5.74, 6) is 2.85. The number of terminal acetylenes is 1. The number of benzene rings is 2. The van der Waals surface area contributed by atoms with Gasteiger partial charge in [0, 0.05) is 67.2 Å². The van der Waals surface area contributed by atoms with Crippen LogP contribution in [0.3, 0.4) is 0 Å². The maximum atomic E-state index is 15.1. The Morgan fingerprint density at radius 1 is 1.11 bits per heavy atom. The number of rotatable bonds is 5. The number of imidazole rings is 1. The molecule has 3 aromatic heterocycles. The molecule has 4 atom stereocenters. The van der Waals surface area contributed by atoms with Gasteiger partial charge in [0.2, 0.25) is 0 Å². The second-order valence-electron chi connectivity index (χ2n) is 13.4. The van der Waals surface area contributed by atoms with Crippen LogP contribution in [0.2, 0.25) is 0 Å². The lowest BCUT2D eigenvalue weighted by Gasteiger charge is -2.34. The lowest BCUT2D eigenvalue weighted by molar-refractivity contribution is 0.107. The average molecular weight is 621 g/mol. The van der Waals surface area contributed by atoms with Crippen LogP contribution < -0.4 is 20.7 Å². The van der Waals surface area contributed by atoms with Crippen molar-refractivity contribution in [3.05, 3.63) is 54.1 Å². The van der Waals surface area contributed by atoms with Crippen molar-refractivity contribution in [2.45, 2.75) is 55.9 Å². The smallest absolute Gasteiger partial charge is 0.319 e. The Morgan fingerprint density at radius 2 is 1.96 bits per heavy atom. The van der Waals surface area contributed by atoms with E-state index in [1.807, 2.05) is 22.7 Å². The molecule has 0 spiro atoms. The number of nitrogens with two attached hydrogens (primary N) is 1. The van der Waals surface area contributed by atoms with Gasteiger partial charge in [0.05, 0.1) is 16.6 Å². The minimum absolute atomic E-state index is 0.170. The van der Waals surface area contributed by atoms with Gasteiger partial charge >= 0.3 is 6.01 Å². The first-order valence-electron chi connectivity index (χ1n) is 16.1. The maximum absolute atomic E-state index is 15.1. The number of nitrogen functional groups attached to an aromatic ring is 1. The van der Waals surface area contributed by atoms with Crippen molar-refractivity contribution in [1.29, 1.82) is 0 Å². The molecule has 7 heterocycles. The van der Waals surface area contributed by atoms with Crippen LogP contribution in [0.1, 0.15) is 37.7 Å². The second kappa shape index (κ2) is 10.2. The zero-order valence-corrected chi connectivity index (χ0v) is 25.3. The van der Waals surface area contributed by atoms with E-state index in [-0.39, 0.29) is 17.1 Å². The van der Waals surface area contributed by atoms with Crippen LogP contribution in [0.4, 0.5) is 20.3 Å². The van der Waals surface area contributed by atoms with Crippen molar-refractivity contribution in [2.75, 3.05) is 43.4 Å². The molecule has 0 amide bonds. The van der Waals surface area contributed by atoms with Crippen LogP contribution >= 0.6 is 0 Å². The number of alkyl halides is 1. The highest BCUT2D eigenvalue weighted by molar-refractivity contribution is 6.07. The van der Waals surface area contributed by atoms with Gasteiger partial charge in [-0.2, -0.15) is 9.97 Å². The van der Waals surface area contributed by atoms with Gasteiger partial charge < -0.3 is 20.7 Å². The zero-order chi connectivity index (χ0) is 31.2. The molecule has 4 saturated heterocycles. The Labute approximate surface area is 264 Å². The number of nitrogens with one attached hydrogen (secondary N) is 1. The lowest BCUT2D eigenvalue weighted by Crippen LogP contribution is -2.51. The van der Waals surface area contributed by atoms with Gasteiger partial charge in [-0.05, 0) is 67.4 Å². The summed E-state index contributed by atoms with van der Waals surface area (Å²) in [4.78, 5) is 19.3. The summed E-state index contributed by atoms with van der Waals surface area (Å²) in [6, 6.07) is 9.65. The molecule has 0 aliphatic carbocycles. The molecule has 2 bridgehead atoms. The summed E-state index contributed by atoms with van der Waals surface area (Å²) in [6.45, 7) is 3.29. The molecule has 0 saturated carbocycles. The van der Waals surface area contributed by atoms with Gasteiger partial charge in [-0.25, -0.2) is 13.8 Å². The zero-order valence-electron chi connectivity index (χ0n) is 25.3.